The van der Waals surface area contributed by atoms with E-state index in [1.807, 2.05) is 0 Å². The topological polar surface area (TPSA) is 114 Å². The van der Waals surface area contributed by atoms with Gasteiger partial charge in [-0.15, -0.1) is 0 Å². The molecule has 0 aromatic heterocycles. The van der Waals surface area contributed by atoms with E-state index in [0.29, 0.717) is 48.5 Å². The van der Waals surface area contributed by atoms with Crippen molar-refractivity contribution >= 4 is 23.5 Å². The van der Waals surface area contributed by atoms with Gasteiger partial charge in [0.25, 0.3) is 11.8 Å². The summed E-state index contributed by atoms with van der Waals surface area (Å²) in [5.41, 5.74) is -0.0800. The molecule has 0 saturated heterocycles. The number of rotatable bonds is 9. The first kappa shape index (κ1) is 31.1. The average molecular weight is 619 g/mol. The van der Waals surface area contributed by atoms with Crippen molar-refractivity contribution in [1.82, 2.24) is 5.32 Å². The first-order chi connectivity index (χ1) is 21.5. The fraction of sp³-hybridized carbons (Fsp3) is 0.206. The van der Waals surface area contributed by atoms with Crippen molar-refractivity contribution in [2.24, 2.45) is 0 Å². The second-order valence-electron chi connectivity index (χ2n) is 10.5. The maximum Gasteiger partial charge on any atom is 0.416 e. The number of alkyl halides is 3. The molecule has 0 unspecified atom stereocenters. The predicted molar refractivity (Wildman–Crippen MR) is 160 cm³/mol. The zero-order chi connectivity index (χ0) is 32.0. The van der Waals surface area contributed by atoms with Crippen LogP contribution in [0.15, 0.2) is 97.1 Å². The molecule has 5 rings (SSSR count). The molecule has 4 aromatic rings. The molecule has 0 aliphatic heterocycles. The quantitative estimate of drug-likeness (QED) is 0.178. The van der Waals surface area contributed by atoms with Crippen LogP contribution in [-0.4, -0.2) is 35.0 Å². The molecule has 0 radical (unpaired) electrons. The second-order valence-corrected chi connectivity index (χ2v) is 10.5. The van der Waals surface area contributed by atoms with E-state index >= 15 is 0 Å². The number of para-hydroxylation sites is 1. The van der Waals surface area contributed by atoms with Crippen molar-refractivity contribution < 1.29 is 42.1 Å². The summed E-state index contributed by atoms with van der Waals surface area (Å²) in [5.74, 6) is -0.267. The molecule has 0 spiro atoms. The Balaban J connectivity index is 1.07. The van der Waals surface area contributed by atoms with Crippen LogP contribution in [0.25, 0.3) is 0 Å². The number of carbonyl (C=O) groups excluding carboxylic acids is 2. The minimum absolute atomic E-state index is 0.00534. The Labute approximate surface area is 256 Å². The number of aromatic carboxylic acids is 1. The molecule has 0 bridgehead atoms. The summed E-state index contributed by atoms with van der Waals surface area (Å²) in [4.78, 5) is 36.5. The van der Waals surface area contributed by atoms with Gasteiger partial charge in [-0.3, -0.25) is 9.59 Å². The highest BCUT2D eigenvalue weighted by Gasteiger charge is 2.30. The molecule has 1 aliphatic rings. The van der Waals surface area contributed by atoms with Crippen LogP contribution in [0.5, 0.6) is 17.2 Å². The molecule has 8 nitrogen and oxygen atoms in total. The minimum Gasteiger partial charge on any atom is -0.490 e. The van der Waals surface area contributed by atoms with E-state index in [4.69, 9.17) is 9.47 Å². The number of hydrogen-bond acceptors (Lipinski definition) is 5. The highest BCUT2D eigenvalue weighted by Crippen LogP contribution is 2.30. The van der Waals surface area contributed by atoms with Gasteiger partial charge in [0.05, 0.1) is 22.9 Å². The number of halogens is 3. The summed E-state index contributed by atoms with van der Waals surface area (Å²) < 4.78 is 50.3. The van der Waals surface area contributed by atoms with Crippen LogP contribution < -0.4 is 20.1 Å². The molecule has 1 fully saturated rings. The number of anilines is 1. The van der Waals surface area contributed by atoms with E-state index in [2.05, 4.69) is 10.6 Å². The SMILES string of the molecule is O=C(Nc1ccccc1C(=O)O)c1ccc(Oc2ccc(OC3CCC(NC(=O)c4ccc(C(F)(F)F)cc4)CC3)cc2)cc1. The van der Waals surface area contributed by atoms with Gasteiger partial charge in [-0.05, 0) is 111 Å². The summed E-state index contributed by atoms with van der Waals surface area (Å²) in [5, 5.41) is 14.8. The van der Waals surface area contributed by atoms with Gasteiger partial charge >= 0.3 is 12.1 Å². The number of ether oxygens (including phenoxy) is 2. The van der Waals surface area contributed by atoms with E-state index in [1.54, 1.807) is 60.7 Å². The number of amides is 2. The van der Waals surface area contributed by atoms with Crippen molar-refractivity contribution in [3.8, 4) is 17.2 Å². The fourth-order valence-corrected chi connectivity index (χ4v) is 4.97. The number of benzene rings is 4. The fourth-order valence-electron chi connectivity index (χ4n) is 4.97. The number of hydrogen-bond donors (Lipinski definition) is 3. The van der Waals surface area contributed by atoms with Crippen LogP contribution in [0.4, 0.5) is 18.9 Å². The minimum atomic E-state index is -4.45. The normalized spacial score (nSPS) is 16.3. The largest absolute Gasteiger partial charge is 0.490 e. The van der Waals surface area contributed by atoms with Gasteiger partial charge in [-0.1, -0.05) is 12.1 Å². The average Bonchev–Trinajstić information content (AvgIpc) is 3.03. The third-order valence-corrected chi connectivity index (χ3v) is 7.37. The summed E-state index contributed by atoms with van der Waals surface area (Å²) in [6, 6.07) is 23.7. The monoisotopic (exact) mass is 618 g/mol. The first-order valence-corrected chi connectivity index (χ1v) is 14.2. The molecule has 4 aromatic carbocycles. The van der Waals surface area contributed by atoms with Gasteiger partial charge in [-0.25, -0.2) is 4.79 Å². The lowest BCUT2D eigenvalue weighted by Gasteiger charge is -2.29. The Kier molecular flexibility index (Phi) is 9.36. The summed E-state index contributed by atoms with van der Waals surface area (Å²) in [6.07, 6.45) is -1.72. The van der Waals surface area contributed by atoms with Crippen molar-refractivity contribution in [3.63, 3.8) is 0 Å². The Morgan fingerprint density at radius 2 is 1.22 bits per heavy atom. The number of carboxylic acid groups (broad SMARTS) is 1. The molecule has 3 N–H and O–H groups in total. The zero-order valence-corrected chi connectivity index (χ0v) is 23.8. The van der Waals surface area contributed by atoms with Crippen LogP contribution in [0.2, 0.25) is 0 Å². The molecule has 0 atom stereocenters. The van der Waals surface area contributed by atoms with Gasteiger partial charge in [-0.2, -0.15) is 13.2 Å². The van der Waals surface area contributed by atoms with Crippen molar-refractivity contribution in [3.05, 3.63) is 119 Å². The number of nitrogens with one attached hydrogen (secondary N) is 2. The maximum atomic E-state index is 12.8. The van der Waals surface area contributed by atoms with E-state index in [-0.39, 0.29) is 29.0 Å². The van der Waals surface area contributed by atoms with Gasteiger partial charge in [0.15, 0.2) is 0 Å². The lowest BCUT2D eigenvalue weighted by Crippen LogP contribution is -2.39. The first-order valence-electron chi connectivity index (χ1n) is 14.2. The highest BCUT2D eigenvalue weighted by molar-refractivity contribution is 6.07. The molecular formula is C34H29F3N2O6. The lowest BCUT2D eigenvalue weighted by atomic mass is 9.92. The Hall–Kier alpha value is -5.32. The van der Waals surface area contributed by atoms with Gasteiger partial charge in [0, 0.05) is 17.2 Å². The highest BCUT2D eigenvalue weighted by atomic mass is 19.4. The predicted octanol–water partition coefficient (Wildman–Crippen LogP) is 7.57. The van der Waals surface area contributed by atoms with Gasteiger partial charge in [0.2, 0.25) is 0 Å². The molecule has 1 saturated carbocycles. The third-order valence-electron chi connectivity index (χ3n) is 7.37. The Morgan fingerprint density at radius 3 is 1.82 bits per heavy atom. The summed E-state index contributed by atoms with van der Waals surface area (Å²) in [6.45, 7) is 0. The molecule has 232 valence electrons. The van der Waals surface area contributed by atoms with Gasteiger partial charge < -0.3 is 25.2 Å². The van der Waals surface area contributed by atoms with Crippen LogP contribution >= 0.6 is 0 Å². The van der Waals surface area contributed by atoms with Crippen molar-refractivity contribution in [2.45, 2.75) is 44.0 Å². The second kappa shape index (κ2) is 13.5. The Morgan fingerprint density at radius 1 is 0.689 bits per heavy atom. The van der Waals surface area contributed by atoms with E-state index in [1.165, 1.54) is 24.3 Å². The summed E-state index contributed by atoms with van der Waals surface area (Å²) >= 11 is 0. The maximum absolute atomic E-state index is 12.8. The number of carboxylic acids is 1. The Bertz CT molecular complexity index is 1650. The molecule has 1 aliphatic carbocycles. The molecular weight excluding hydrogens is 589 g/mol. The van der Waals surface area contributed by atoms with Gasteiger partial charge in [0.1, 0.15) is 17.2 Å². The molecule has 11 heteroatoms. The van der Waals surface area contributed by atoms with Crippen LogP contribution in [0.1, 0.15) is 62.3 Å². The van der Waals surface area contributed by atoms with E-state index in [0.717, 1.165) is 12.1 Å². The van der Waals surface area contributed by atoms with E-state index in [9.17, 15) is 32.7 Å². The lowest BCUT2D eigenvalue weighted by molar-refractivity contribution is -0.137. The number of carbonyl (C=O) groups is 3. The van der Waals surface area contributed by atoms with Crippen molar-refractivity contribution in [1.29, 1.82) is 0 Å². The van der Waals surface area contributed by atoms with Crippen LogP contribution in [0, 0.1) is 0 Å². The van der Waals surface area contributed by atoms with E-state index < -0.39 is 29.5 Å². The molecule has 0 heterocycles. The summed E-state index contributed by atoms with van der Waals surface area (Å²) in [7, 11) is 0. The van der Waals surface area contributed by atoms with Crippen LogP contribution in [0.3, 0.4) is 0 Å². The third kappa shape index (κ3) is 8.20. The molecule has 2 amide bonds. The zero-order valence-electron chi connectivity index (χ0n) is 23.8. The standard InChI is InChI=1S/C34H29F3N2O6/c35-34(36,37)23-9-5-21(6-10-23)31(40)38-24-11-15-26(16-12-24)45-28-19-17-27(18-20-28)44-25-13-7-22(8-14-25)32(41)39-30-4-2-1-3-29(30)33(42)43/h1-10,13-14,17-20,24,26H,11-12,15-16H2,(H,38,40)(H,39,41)(H,42,43). The smallest absolute Gasteiger partial charge is 0.416 e. The van der Waals surface area contributed by atoms with Crippen LogP contribution in [-0.2, 0) is 6.18 Å². The van der Waals surface area contributed by atoms with Crippen molar-refractivity contribution in [2.75, 3.05) is 5.32 Å². The molecule has 45 heavy (non-hydrogen) atoms.